The van der Waals surface area contributed by atoms with Crippen LogP contribution in [0.1, 0.15) is 62.3 Å². The number of carbonyl (C=O) groups is 1. The Kier molecular flexibility index (Phi) is 7.36. The summed E-state index contributed by atoms with van der Waals surface area (Å²) in [4.78, 5) is 13.2. The van der Waals surface area contributed by atoms with E-state index in [0.29, 0.717) is 6.42 Å². The van der Waals surface area contributed by atoms with Crippen molar-refractivity contribution in [2.45, 2.75) is 64.5 Å². The summed E-state index contributed by atoms with van der Waals surface area (Å²) >= 11 is 0. The van der Waals surface area contributed by atoms with E-state index in [4.69, 9.17) is 0 Å². The highest BCUT2D eigenvalue weighted by Gasteiger charge is 2.34. The molecule has 1 N–H and O–H groups in total. The number of carbonyl (C=O) groups excluding carboxylic acids is 1. The summed E-state index contributed by atoms with van der Waals surface area (Å²) < 4.78 is 40.5. The minimum Gasteiger partial charge on any atom is -0.347 e. The van der Waals surface area contributed by atoms with E-state index in [1.165, 1.54) is 42.2 Å². The van der Waals surface area contributed by atoms with Crippen molar-refractivity contribution in [2.75, 3.05) is 10.6 Å². The molecule has 0 saturated carbocycles. The van der Waals surface area contributed by atoms with Crippen LogP contribution >= 0.6 is 0 Å². The molecule has 0 aromatic heterocycles. The van der Waals surface area contributed by atoms with Crippen LogP contribution in [-0.2, 0) is 27.7 Å². The first kappa shape index (κ1) is 23.3. The van der Waals surface area contributed by atoms with Gasteiger partial charge in [-0.15, -0.1) is 0 Å². The summed E-state index contributed by atoms with van der Waals surface area (Å²) in [5, 5.41) is 3.02. The van der Waals surface area contributed by atoms with Gasteiger partial charge in [-0.2, -0.15) is 0 Å². The zero-order valence-electron chi connectivity index (χ0n) is 18.4. The van der Waals surface area contributed by atoms with Crippen molar-refractivity contribution < 1.29 is 17.6 Å². The third kappa shape index (κ3) is 5.26. The third-order valence-electron chi connectivity index (χ3n) is 5.92. The maximum absolute atomic E-state index is 14.4. The molecular weight excluding hydrogens is 415 g/mol. The number of amides is 1. The highest BCUT2D eigenvalue weighted by Crippen LogP contribution is 2.28. The van der Waals surface area contributed by atoms with Crippen LogP contribution in [0.2, 0.25) is 0 Å². The van der Waals surface area contributed by atoms with Crippen LogP contribution in [0.4, 0.5) is 10.1 Å². The number of nitrogens with one attached hydrogen (secondary N) is 1. The fraction of sp³-hybridized carbons (Fsp3) is 0.458. The molecule has 1 amide bonds. The predicted octanol–water partition coefficient (Wildman–Crippen LogP) is 4.52. The van der Waals surface area contributed by atoms with Crippen LogP contribution in [-0.4, -0.2) is 26.6 Å². The second-order valence-electron chi connectivity index (χ2n) is 8.14. The smallest absolute Gasteiger partial charge is 0.244 e. The Labute approximate surface area is 184 Å². The monoisotopic (exact) mass is 446 g/mol. The van der Waals surface area contributed by atoms with Crippen LogP contribution in [0.3, 0.4) is 0 Å². The average molecular weight is 447 g/mol. The standard InChI is InChI=1S/C24H31FN2O3S/c1-4-21(19-15-14-17-10-6-7-11-18(17)16-19)26-24(28)22(5-2)27(31(3,29)30)23-13-9-8-12-20(23)25/h8-9,12-16,21-22H,4-7,10-11H2,1-3H3,(H,26,28). The second-order valence-corrected chi connectivity index (χ2v) is 10.00. The van der Waals surface area contributed by atoms with Crippen molar-refractivity contribution in [2.24, 2.45) is 0 Å². The SMILES string of the molecule is CCC(NC(=O)C(CC)N(c1ccccc1F)S(C)(=O)=O)c1ccc2c(c1)CCCC2. The van der Waals surface area contributed by atoms with Crippen molar-refractivity contribution in [3.8, 4) is 0 Å². The highest BCUT2D eigenvalue weighted by atomic mass is 32.2. The van der Waals surface area contributed by atoms with Gasteiger partial charge < -0.3 is 5.32 Å². The molecule has 0 spiro atoms. The molecule has 3 rings (SSSR count). The fourth-order valence-corrected chi connectivity index (χ4v) is 5.54. The van der Waals surface area contributed by atoms with E-state index in [1.54, 1.807) is 13.0 Å². The summed E-state index contributed by atoms with van der Waals surface area (Å²) in [5.41, 5.74) is 3.59. The average Bonchev–Trinajstić information content (AvgIpc) is 2.75. The minimum absolute atomic E-state index is 0.117. The Morgan fingerprint density at radius 2 is 1.74 bits per heavy atom. The van der Waals surface area contributed by atoms with Gasteiger partial charge in [-0.1, -0.05) is 44.2 Å². The summed E-state index contributed by atoms with van der Waals surface area (Å²) in [5.74, 6) is -1.11. The van der Waals surface area contributed by atoms with Gasteiger partial charge in [-0.3, -0.25) is 9.10 Å². The maximum atomic E-state index is 14.4. The molecule has 1 aliphatic carbocycles. The first-order valence-corrected chi connectivity index (χ1v) is 12.8. The van der Waals surface area contributed by atoms with Gasteiger partial charge in [0.05, 0.1) is 18.0 Å². The van der Waals surface area contributed by atoms with Gasteiger partial charge >= 0.3 is 0 Å². The second kappa shape index (κ2) is 9.81. The number of rotatable bonds is 8. The lowest BCUT2D eigenvalue weighted by Crippen LogP contribution is -2.50. The molecule has 0 aliphatic heterocycles. The summed E-state index contributed by atoms with van der Waals surface area (Å²) in [6.07, 6.45) is 6.38. The lowest BCUT2D eigenvalue weighted by atomic mass is 9.88. The zero-order chi connectivity index (χ0) is 22.6. The molecular formula is C24H31FN2O3S. The number of para-hydroxylation sites is 1. The molecule has 2 atom stereocenters. The van der Waals surface area contributed by atoms with Crippen LogP contribution in [0, 0.1) is 5.82 Å². The molecule has 1 aliphatic rings. The van der Waals surface area contributed by atoms with Crippen molar-refractivity contribution in [1.29, 1.82) is 0 Å². The Bertz CT molecular complexity index is 1040. The van der Waals surface area contributed by atoms with Crippen LogP contribution < -0.4 is 9.62 Å². The van der Waals surface area contributed by atoms with Gasteiger partial charge in [0.15, 0.2) is 0 Å². The molecule has 0 radical (unpaired) electrons. The largest absolute Gasteiger partial charge is 0.347 e. The van der Waals surface area contributed by atoms with Gasteiger partial charge in [0.25, 0.3) is 0 Å². The predicted molar refractivity (Wildman–Crippen MR) is 122 cm³/mol. The van der Waals surface area contributed by atoms with E-state index < -0.39 is 27.8 Å². The van der Waals surface area contributed by atoms with E-state index >= 15 is 0 Å². The Morgan fingerprint density at radius 1 is 1.06 bits per heavy atom. The first-order chi connectivity index (χ1) is 14.8. The van der Waals surface area contributed by atoms with E-state index in [9.17, 15) is 17.6 Å². The lowest BCUT2D eigenvalue weighted by molar-refractivity contribution is -0.123. The number of hydrogen-bond donors (Lipinski definition) is 1. The van der Waals surface area contributed by atoms with Gasteiger partial charge in [-0.05, 0) is 67.3 Å². The molecule has 0 heterocycles. The van der Waals surface area contributed by atoms with E-state index in [2.05, 4.69) is 17.4 Å². The first-order valence-electron chi connectivity index (χ1n) is 10.9. The molecule has 2 aromatic rings. The number of halogens is 1. The van der Waals surface area contributed by atoms with Crippen molar-refractivity contribution >= 4 is 21.6 Å². The van der Waals surface area contributed by atoms with Crippen molar-refractivity contribution in [3.63, 3.8) is 0 Å². The lowest BCUT2D eigenvalue weighted by Gasteiger charge is -2.31. The maximum Gasteiger partial charge on any atom is 0.244 e. The van der Waals surface area contributed by atoms with Gasteiger partial charge in [0.2, 0.25) is 15.9 Å². The molecule has 2 aromatic carbocycles. The van der Waals surface area contributed by atoms with Crippen LogP contribution in [0.5, 0.6) is 0 Å². The number of fused-ring (bicyclic) bond motifs is 1. The van der Waals surface area contributed by atoms with Gasteiger partial charge in [-0.25, -0.2) is 12.8 Å². The normalized spacial score (nSPS) is 15.6. The number of anilines is 1. The molecule has 7 heteroatoms. The number of benzene rings is 2. The van der Waals surface area contributed by atoms with Crippen molar-refractivity contribution in [1.82, 2.24) is 5.32 Å². The van der Waals surface area contributed by atoms with Crippen LogP contribution in [0.25, 0.3) is 0 Å². The van der Waals surface area contributed by atoms with E-state index in [0.717, 1.165) is 29.0 Å². The topological polar surface area (TPSA) is 66.5 Å². The Morgan fingerprint density at radius 3 is 2.35 bits per heavy atom. The fourth-order valence-electron chi connectivity index (χ4n) is 4.32. The highest BCUT2D eigenvalue weighted by molar-refractivity contribution is 7.92. The zero-order valence-corrected chi connectivity index (χ0v) is 19.2. The molecule has 168 valence electrons. The van der Waals surface area contributed by atoms with E-state index in [-0.39, 0.29) is 18.2 Å². The number of hydrogen-bond acceptors (Lipinski definition) is 3. The minimum atomic E-state index is -3.88. The third-order valence-corrected chi connectivity index (χ3v) is 7.09. The molecule has 0 fully saturated rings. The number of sulfonamides is 1. The summed E-state index contributed by atoms with van der Waals surface area (Å²) in [6.45, 7) is 3.71. The summed E-state index contributed by atoms with van der Waals surface area (Å²) in [6, 6.07) is 10.7. The number of aryl methyl sites for hydroxylation is 2. The molecule has 0 saturated heterocycles. The molecule has 31 heavy (non-hydrogen) atoms. The van der Waals surface area contributed by atoms with E-state index in [1.807, 2.05) is 13.0 Å². The van der Waals surface area contributed by atoms with Gasteiger partial charge in [0.1, 0.15) is 11.9 Å². The molecule has 2 unspecified atom stereocenters. The summed E-state index contributed by atoms with van der Waals surface area (Å²) in [7, 11) is -3.88. The van der Waals surface area contributed by atoms with Gasteiger partial charge in [0, 0.05) is 0 Å². The quantitative estimate of drug-likeness (QED) is 0.649. The number of nitrogens with zero attached hydrogens (tertiary/aromatic N) is 1. The molecule has 0 bridgehead atoms. The molecule has 5 nitrogen and oxygen atoms in total. The van der Waals surface area contributed by atoms with Crippen LogP contribution in [0.15, 0.2) is 42.5 Å². The Balaban J connectivity index is 1.88. The van der Waals surface area contributed by atoms with Crippen molar-refractivity contribution in [3.05, 3.63) is 65.0 Å². The Hall–Kier alpha value is -2.41.